The molecule has 0 radical (unpaired) electrons. The minimum Gasteiger partial charge on any atom is -0.860 e. The molecule has 5 rings (SSSR count). The van der Waals surface area contributed by atoms with Crippen molar-refractivity contribution in [3.8, 4) is 5.75 Å². The van der Waals surface area contributed by atoms with E-state index in [4.69, 9.17) is 0 Å². The Morgan fingerprint density at radius 2 is 1.12 bits per heavy atom. The Bertz CT molecular complexity index is 991. The van der Waals surface area contributed by atoms with E-state index in [0.717, 1.165) is 6.07 Å². The smallest absolute Gasteiger partial charge is 0.860 e. The third-order valence-electron chi connectivity index (χ3n) is 5.31. The average molecular weight is 656 g/mol. The predicted molar refractivity (Wildman–Crippen MR) is 166 cm³/mol. The van der Waals surface area contributed by atoms with Crippen molar-refractivity contribution in [1.82, 2.24) is 0 Å². The summed E-state index contributed by atoms with van der Waals surface area (Å²) in [5.74, 6) is 0.363. The van der Waals surface area contributed by atoms with E-state index < -0.39 is 13.1 Å². The van der Waals surface area contributed by atoms with Gasteiger partial charge in [0, 0.05) is 0 Å². The zero-order valence-corrected chi connectivity index (χ0v) is 27.9. The van der Waals surface area contributed by atoms with Crippen LogP contribution in [0, 0.1) is 31.5 Å². The molecule has 0 N–H and O–H groups in total. The monoisotopic (exact) mass is 656 g/mol. The van der Waals surface area contributed by atoms with Crippen molar-refractivity contribution in [3.63, 3.8) is 0 Å². The molecule has 0 heterocycles. The summed E-state index contributed by atoms with van der Waals surface area (Å²) in [5.41, 5.74) is 2.69. The van der Waals surface area contributed by atoms with Gasteiger partial charge in [0.1, 0.15) is 13.1 Å². The molecule has 2 aliphatic carbocycles. The van der Waals surface area contributed by atoms with E-state index in [1.807, 2.05) is 24.3 Å². The molecule has 0 saturated heterocycles. The Balaban J connectivity index is -0.000000441. The van der Waals surface area contributed by atoms with E-state index in [1.165, 1.54) is 48.6 Å². The summed E-state index contributed by atoms with van der Waals surface area (Å²) >= 11 is 0. The zero-order chi connectivity index (χ0) is 30.0. The largest absolute Gasteiger partial charge is 2.00 e. The summed E-state index contributed by atoms with van der Waals surface area (Å²) in [4.78, 5) is 0. The molecule has 0 saturated carbocycles. The van der Waals surface area contributed by atoms with E-state index in [2.05, 4.69) is 119 Å². The minimum absolute atomic E-state index is 0. The first-order chi connectivity index (χ1) is 19.2. The van der Waals surface area contributed by atoms with Crippen LogP contribution in [0.15, 0.2) is 121 Å². The molecular weight excluding hydrogens is 610 g/mol. The molecule has 0 amide bonds. The van der Waals surface area contributed by atoms with Crippen LogP contribution in [-0.4, -0.2) is 7.32 Å². The Labute approximate surface area is 276 Å². The maximum atomic E-state index is 12.5. The fourth-order valence-corrected chi connectivity index (χ4v) is 3.02. The summed E-state index contributed by atoms with van der Waals surface area (Å²) in [7, 11) is -2.48. The Kier molecular flexibility index (Phi) is 31.6. The van der Waals surface area contributed by atoms with Gasteiger partial charge < -0.3 is 14.7 Å². The predicted octanol–water partition coefficient (Wildman–Crippen LogP) is 8.03. The van der Waals surface area contributed by atoms with E-state index in [0.29, 0.717) is 11.8 Å². The van der Waals surface area contributed by atoms with Crippen molar-refractivity contribution in [3.05, 3.63) is 138 Å². The van der Waals surface area contributed by atoms with Gasteiger partial charge in [-0.1, -0.05) is 122 Å². The number of hydrogen-bond acceptors (Lipinski definition) is 3. The van der Waals surface area contributed by atoms with Gasteiger partial charge in [-0.3, -0.25) is 0 Å². The van der Waals surface area contributed by atoms with Gasteiger partial charge >= 0.3 is 34.1 Å². The van der Waals surface area contributed by atoms with Gasteiger partial charge in [-0.15, -0.1) is 0 Å². The van der Waals surface area contributed by atoms with Crippen molar-refractivity contribution < 1.29 is 53.2 Å². The molecule has 3 aromatic carbocycles. The van der Waals surface area contributed by atoms with Crippen LogP contribution in [0.5, 0.6) is 5.75 Å². The Morgan fingerprint density at radius 1 is 0.714 bits per heavy atom. The van der Waals surface area contributed by atoms with Crippen molar-refractivity contribution >= 4 is 7.32 Å². The minimum atomic E-state index is -2.48. The SMILES string of the molecule is CC1C=CC=C1.CC1C=CC=C1.CCCCC.Cc1ccc[cH-]1.Cc1ccc[cH-]1.[Fe+2].[Fe+2].[O-]B([O-])Oc1ccccc1F. The van der Waals surface area contributed by atoms with E-state index >= 15 is 0 Å². The number of hydrogen-bond donors (Lipinski definition) is 0. The van der Waals surface area contributed by atoms with Crippen LogP contribution in [0.1, 0.15) is 58.1 Å². The third kappa shape index (κ3) is 27.8. The summed E-state index contributed by atoms with van der Waals surface area (Å²) in [6.07, 6.45) is 21.0. The van der Waals surface area contributed by atoms with Crippen LogP contribution >= 0.6 is 0 Å². The van der Waals surface area contributed by atoms with Gasteiger partial charge in [0.05, 0.1) is 0 Å². The second kappa shape index (κ2) is 30.1. The van der Waals surface area contributed by atoms with Crippen molar-refractivity contribution in [2.45, 2.75) is 60.8 Å². The summed E-state index contributed by atoms with van der Waals surface area (Å²) in [6.45, 7) is 12.9. The Morgan fingerprint density at radius 3 is 1.31 bits per heavy atom. The van der Waals surface area contributed by atoms with Crippen LogP contribution < -0.4 is 14.7 Å². The molecular formula is C35H46BFFe2O3. The first-order valence-corrected chi connectivity index (χ1v) is 14.0. The molecule has 2 aliphatic rings. The summed E-state index contributed by atoms with van der Waals surface area (Å²) in [5, 5.41) is 19.8. The van der Waals surface area contributed by atoms with Crippen LogP contribution in [0.3, 0.4) is 0 Å². The quantitative estimate of drug-likeness (QED) is 0.211. The molecule has 0 bridgehead atoms. The van der Waals surface area contributed by atoms with Gasteiger partial charge in [0.2, 0.25) is 0 Å². The van der Waals surface area contributed by atoms with E-state index in [1.54, 1.807) is 0 Å². The van der Waals surface area contributed by atoms with Crippen LogP contribution in [0.25, 0.3) is 0 Å². The second-order valence-electron chi connectivity index (χ2n) is 9.37. The molecule has 0 aromatic heterocycles. The van der Waals surface area contributed by atoms with Crippen LogP contribution in [0.4, 0.5) is 4.39 Å². The molecule has 0 fully saturated rings. The van der Waals surface area contributed by atoms with Crippen LogP contribution in [-0.2, 0) is 34.1 Å². The molecule has 3 aromatic rings. The average Bonchev–Trinajstić information content (AvgIpc) is 3.75. The number of para-hydroxylation sites is 1. The molecule has 0 atom stereocenters. The van der Waals surface area contributed by atoms with E-state index in [9.17, 15) is 14.4 Å². The van der Waals surface area contributed by atoms with E-state index in [-0.39, 0.29) is 39.9 Å². The summed E-state index contributed by atoms with van der Waals surface area (Å²) < 4.78 is 16.6. The number of allylic oxidation sites excluding steroid dienone is 8. The van der Waals surface area contributed by atoms with Crippen molar-refractivity contribution in [2.24, 2.45) is 11.8 Å². The number of aryl methyl sites for hydroxylation is 2. The van der Waals surface area contributed by atoms with Gasteiger partial charge in [-0.05, 0) is 24.0 Å². The van der Waals surface area contributed by atoms with Gasteiger partial charge in [0.25, 0.3) is 0 Å². The third-order valence-corrected chi connectivity index (χ3v) is 5.31. The first kappa shape index (κ1) is 44.1. The maximum Gasteiger partial charge on any atom is 2.00 e. The number of rotatable bonds is 4. The second-order valence-corrected chi connectivity index (χ2v) is 9.37. The fraction of sp³-hybridized carbons (Fsp3) is 0.314. The van der Waals surface area contributed by atoms with Gasteiger partial charge in [-0.25, -0.2) is 28.7 Å². The zero-order valence-electron chi connectivity index (χ0n) is 25.7. The molecule has 230 valence electrons. The Hall–Kier alpha value is -2.37. The van der Waals surface area contributed by atoms with Gasteiger partial charge in [0.15, 0.2) is 5.82 Å². The fourth-order valence-electron chi connectivity index (χ4n) is 3.02. The molecule has 3 nitrogen and oxygen atoms in total. The molecule has 0 spiro atoms. The molecule has 0 aliphatic heterocycles. The number of unbranched alkanes of at least 4 members (excludes halogenated alkanes) is 2. The first-order valence-electron chi connectivity index (χ1n) is 14.0. The molecule has 42 heavy (non-hydrogen) atoms. The van der Waals surface area contributed by atoms with Crippen molar-refractivity contribution in [1.29, 1.82) is 0 Å². The number of halogens is 1. The topological polar surface area (TPSA) is 55.3 Å². The standard InChI is InChI=1S/C6H4BFO3.2C6H8.2C6H7.C5H12.2Fe/c8-5-3-1-2-4-6(5)11-7(9)10;4*1-6-4-2-3-5-6;1-3-5-4-2;;/h1-4H;2*2-6H,1H3;2*2-5H,1H3;3-5H2,1-2H3;;/q-2;;;2*-1;;2*+2. The van der Waals surface area contributed by atoms with Gasteiger partial charge in [-0.2, -0.15) is 35.4 Å². The molecule has 7 heteroatoms. The van der Waals surface area contributed by atoms with Crippen LogP contribution in [0.2, 0.25) is 0 Å². The molecule has 0 unspecified atom stereocenters. The van der Waals surface area contributed by atoms with Crippen molar-refractivity contribution in [2.75, 3.05) is 0 Å². The summed E-state index contributed by atoms with van der Waals surface area (Å²) in [6, 6.07) is 21.7. The normalized spacial score (nSPS) is 11.7. The maximum absolute atomic E-state index is 12.5. The number of benzene rings is 1.